The van der Waals surface area contributed by atoms with Crippen molar-refractivity contribution in [3.05, 3.63) is 0 Å². The fourth-order valence-electron chi connectivity index (χ4n) is 2.21. The molecule has 1 rings (SSSR count). The molecule has 17 heavy (non-hydrogen) atoms. The maximum Gasteiger partial charge on any atom is 0.221 e. The molecular weight excluding hydrogens is 218 g/mol. The Balaban J connectivity index is 2.49. The SMILES string of the molecule is CC(C)NC(=O)CC(CN)N1CCOCC1C. The number of carbonyl (C=O) groups is 1. The predicted molar refractivity (Wildman–Crippen MR) is 67.7 cm³/mol. The first-order valence-electron chi connectivity index (χ1n) is 6.37. The van der Waals surface area contributed by atoms with Crippen molar-refractivity contribution in [3.63, 3.8) is 0 Å². The number of morpholine rings is 1. The molecule has 0 aliphatic carbocycles. The number of ether oxygens (including phenoxy) is 1. The molecule has 5 heteroatoms. The fraction of sp³-hybridized carbons (Fsp3) is 0.917. The van der Waals surface area contributed by atoms with Gasteiger partial charge in [-0.1, -0.05) is 0 Å². The number of amides is 1. The van der Waals surface area contributed by atoms with Gasteiger partial charge in [0.05, 0.1) is 13.2 Å². The first-order valence-corrected chi connectivity index (χ1v) is 6.37. The summed E-state index contributed by atoms with van der Waals surface area (Å²) in [6.45, 7) is 8.87. The molecule has 0 bridgehead atoms. The fourth-order valence-corrected chi connectivity index (χ4v) is 2.21. The second-order valence-electron chi connectivity index (χ2n) is 4.98. The van der Waals surface area contributed by atoms with Gasteiger partial charge in [-0.3, -0.25) is 9.69 Å². The summed E-state index contributed by atoms with van der Waals surface area (Å²) >= 11 is 0. The van der Waals surface area contributed by atoms with Gasteiger partial charge < -0.3 is 15.8 Å². The van der Waals surface area contributed by atoms with Gasteiger partial charge in [-0.25, -0.2) is 0 Å². The van der Waals surface area contributed by atoms with E-state index in [1.807, 2.05) is 13.8 Å². The van der Waals surface area contributed by atoms with Crippen LogP contribution in [0, 0.1) is 0 Å². The summed E-state index contributed by atoms with van der Waals surface area (Å²) in [6, 6.07) is 0.639. The summed E-state index contributed by atoms with van der Waals surface area (Å²) in [7, 11) is 0. The molecule has 0 aromatic carbocycles. The minimum absolute atomic E-state index is 0.0779. The van der Waals surface area contributed by atoms with Crippen molar-refractivity contribution < 1.29 is 9.53 Å². The van der Waals surface area contributed by atoms with E-state index >= 15 is 0 Å². The van der Waals surface area contributed by atoms with Crippen LogP contribution >= 0.6 is 0 Å². The van der Waals surface area contributed by atoms with Crippen molar-refractivity contribution in [1.29, 1.82) is 0 Å². The van der Waals surface area contributed by atoms with Crippen molar-refractivity contribution in [2.45, 2.75) is 45.3 Å². The second kappa shape index (κ2) is 6.93. The minimum Gasteiger partial charge on any atom is -0.379 e. The maximum atomic E-state index is 11.7. The highest BCUT2D eigenvalue weighted by Gasteiger charge is 2.27. The van der Waals surface area contributed by atoms with Crippen molar-refractivity contribution in [3.8, 4) is 0 Å². The summed E-state index contributed by atoms with van der Waals surface area (Å²) in [5, 5.41) is 2.91. The molecule has 1 aliphatic rings. The Bertz CT molecular complexity index is 246. The summed E-state index contributed by atoms with van der Waals surface area (Å²) in [5.41, 5.74) is 5.78. The smallest absolute Gasteiger partial charge is 0.221 e. The number of nitrogens with zero attached hydrogens (tertiary/aromatic N) is 1. The van der Waals surface area contributed by atoms with Crippen LogP contribution in [0.1, 0.15) is 27.2 Å². The largest absolute Gasteiger partial charge is 0.379 e. The first kappa shape index (κ1) is 14.4. The molecule has 2 atom stereocenters. The van der Waals surface area contributed by atoms with E-state index in [2.05, 4.69) is 17.1 Å². The van der Waals surface area contributed by atoms with Gasteiger partial charge >= 0.3 is 0 Å². The van der Waals surface area contributed by atoms with Crippen LogP contribution in [0.2, 0.25) is 0 Å². The number of rotatable bonds is 5. The van der Waals surface area contributed by atoms with Crippen LogP contribution in [0.4, 0.5) is 0 Å². The zero-order chi connectivity index (χ0) is 12.8. The summed E-state index contributed by atoms with van der Waals surface area (Å²) < 4.78 is 5.39. The minimum atomic E-state index is 0.0779. The third-order valence-corrected chi connectivity index (χ3v) is 3.03. The lowest BCUT2D eigenvalue weighted by Gasteiger charge is -2.38. The van der Waals surface area contributed by atoms with E-state index in [9.17, 15) is 4.79 Å². The number of nitrogens with two attached hydrogens (primary N) is 1. The van der Waals surface area contributed by atoms with Gasteiger partial charge in [-0.15, -0.1) is 0 Å². The van der Waals surface area contributed by atoms with Gasteiger partial charge in [-0.2, -0.15) is 0 Å². The van der Waals surface area contributed by atoms with Gasteiger partial charge in [0.1, 0.15) is 0 Å². The van der Waals surface area contributed by atoms with Crippen LogP contribution in [0.15, 0.2) is 0 Å². The molecule has 0 radical (unpaired) electrons. The lowest BCUT2D eigenvalue weighted by Crippen LogP contribution is -2.53. The normalized spacial score (nSPS) is 23.7. The average molecular weight is 243 g/mol. The number of hydrogen-bond donors (Lipinski definition) is 2. The lowest BCUT2D eigenvalue weighted by molar-refractivity contribution is -0.123. The van der Waals surface area contributed by atoms with Crippen LogP contribution < -0.4 is 11.1 Å². The molecule has 1 amide bonds. The zero-order valence-corrected chi connectivity index (χ0v) is 11.1. The number of carbonyl (C=O) groups excluding carboxylic acids is 1. The molecule has 0 aromatic rings. The molecule has 0 saturated carbocycles. The van der Waals surface area contributed by atoms with Crippen LogP contribution in [0.25, 0.3) is 0 Å². The average Bonchev–Trinajstić information content (AvgIpc) is 2.26. The van der Waals surface area contributed by atoms with Gasteiger partial charge in [0.15, 0.2) is 0 Å². The van der Waals surface area contributed by atoms with Gasteiger partial charge in [0.25, 0.3) is 0 Å². The van der Waals surface area contributed by atoms with Crippen LogP contribution in [-0.2, 0) is 9.53 Å². The zero-order valence-electron chi connectivity index (χ0n) is 11.1. The summed E-state index contributed by atoms with van der Waals surface area (Å²) in [4.78, 5) is 14.0. The van der Waals surface area contributed by atoms with E-state index in [0.29, 0.717) is 19.0 Å². The highest BCUT2D eigenvalue weighted by Crippen LogP contribution is 2.12. The monoisotopic (exact) mass is 243 g/mol. The molecule has 3 N–H and O–H groups in total. The highest BCUT2D eigenvalue weighted by molar-refractivity contribution is 5.76. The van der Waals surface area contributed by atoms with E-state index < -0.39 is 0 Å². The molecule has 1 heterocycles. The van der Waals surface area contributed by atoms with E-state index in [4.69, 9.17) is 10.5 Å². The third-order valence-electron chi connectivity index (χ3n) is 3.03. The Morgan fingerprint density at radius 3 is 2.82 bits per heavy atom. The molecule has 1 fully saturated rings. The Hall–Kier alpha value is -0.650. The molecule has 1 aliphatic heterocycles. The van der Waals surface area contributed by atoms with Crippen LogP contribution in [-0.4, -0.2) is 55.2 Å². The van der Waals surface area contributed by atoms with Crippen LogP contribution in [0.3, 0.4) is 0 Å². The molecular formula is C12H25N3O2. The maximum absolute atomic E-state index is 11.7. The van der Waals surface area contributed by atoms with Gasteiger partial charge in [0.2, 0.25) is 5.91 Å². The molecule has 2 unspecified atom stereocenters. The second-order valence-corrected chi connectivity index (χ2v) is 4.98. The topological polar surface area (TPSA) is 67.6 Å². The molecule has 0 spiro atoms. The Morgan fingerprint density at radius 1 is 1.59 bits per heavy atom. The van der Waals surface area contributed by atoms with E-state index in [1.54, 1.807) is 0 Å². The number of nitrogens with one attached hydrogen (secondary N) is 1. The lowest BCUT2D eigenvalue weighted by atomic mass is 10.1. The van der Waals surface area contributed by atoms with E-state index in [0.717, 1.165) is 19.8 Å². The Labute approximate surface area is 104 Å². The standard InChI is InChI=1S/C12H25N3O2/c1-9(2)14-12(16)6-11(7-13)15-4-5-17-8-10(15)3/h9-11H,4-8,13H2,1-3H3,(H,14,16). The van der Waals surface area contributed by atoms with E-state index in [-0.39, 0.29) is 18.0 Å². The van der Waals surface area contributed by atoms with Crippen molar-refractivity contribution >= 4 is 5.91 Å². The Kier molecular flexibility index (Phi) is 5.88. The van der Waals surface area contributed by atoms with Crippen LogP contribution in [0.5, 0.6) is 0 Å². The van der Waals surface area contributed by atoms with Crippen molar-refractivity contribution in [1.82, 2.24) is 10.2 Å². The molecule has 5 nitrogen and oxygen atoms in total. The third kappa shape index (κ3) is 4.61. The Morgan fingerprint density at radius 2 is 2.29 bits per heavy atom. The van der Waals surface area contributed by atoms with Crippen molar-refractivity contribution in [2.75, 3.05) is 26.3 Å². The molecule has 1 saturated heterocycles. The molecule has 0 aromatic heterocycles. The first-order chi connectivity index (χ1) is 8.04. The quantitative estimate of drug-likeness (QED) is 0.710. The predicted octanol–water partition coefficient (Wildman–Crippen LogP) is -0.0509. The highest BCUT2D eigenvalue weighted by atomic mass is 16.5. The van der Waals surface area contributed by atoms with E-state index in [1.165, 1.54) is 0 Å². The summed E-state index contributed by atoms with van der Waals surface area (Å²) in [6.07, 6.45) is 0.471. The van der Waals surface area contributed by atoms with Crippen molar-refractivity contribution in [2.24, 2.45) is 5.73 Å². The summed E-state index contributed by atoms with van der Waals surface area (Å²) in [5.74, 6) is 0.0779. The number of hydrogen-bond acceptors (Lipinski definition) is 4. The van der Waals surface area contributed by atoms with Gasteiger partial charge in [0, 0.05) is 37.6 Å². The molecule has 100 valence electrons. The van der Waals surface area contributed by atoms with Gasteiger partial charge in [-0.05, 0) is 20.8 Å².